The van der Waals surface area contributed by atoms with Gasteiger partial charge in [-0.05, 0) is 37.7 Å². The fraction of sp³-hybridized carbons (Fsp3) is 0.571. The standard InChI is InChI=1S/C21H25N3O7/c1-30-20(26)17-11-13-5-2-3-6-15(13)23(17)19(25)7-4-10-22-16-9-8-14(24(28)29)12-18(16)31-21(22)27/h8-9,12-13,15,17H,2-7,10-11H2,1H3/t13-,15-,17-/m0/s1. The van der Waals surface area contributed by atoms with Gasteiger partial charge in [0, 0.05) is 25.1 Å². The Balaban J connectivity index is 1.46. The van der Waals surface area contributed by atoms with Gasteiger partial charge >= 0.3 is 11.7 Å². The number of nitro groups is 1. The highest BCUT2D eigenvalue weighted by Gasteiger charge is 2.47. The summed E-state index contributed by atoms with van der Waals surface area (Å²) in [5.74, 6) is -0.774. The Kier molecular flexibility index (Phi) is 5.79. The van der Waals surface area contributed by atoms with Crippen LogP contribution in [0.1, 0.15) is 44.9 Å². The van der Waals surface area contributed by atoms with E-state index in [1.807, 2.05) is 0 Å². The predicted octanol–water partition coefficient (Wildman–Crippen LogP) is 2.62. The number of amides is 1. The molecule has 0 bridgehead atoms. The van der Waals surface area contributed by atoms with Gasteiger partial charge in [0.05, 0.1) is 23.6 Å². The molecule has 1 saturated carbocycles. The van der Waals surface area contributed by atoms with Gasteiger partial charge in [0.15, 0.2) is 5.58 Å². The lowest BCUT2D eigenvalue weighted by molar-refractivity contribution is -0.384. The van der Waals surface area contributed by atoms with Crippen LogP contribution in [0, 0.1) is 16.0 Å². The minimum absolute atomic E-state index is 0.0726. The quantitative estimate of drug-likeness (QED) is 0.391. The summed E-state index contributed by atoms with van der Waals surface area (Å²) in [6.45, 7) is 0.236. The van der Waals surface area contributed by atoms with Crippen molar-refractivity contribution in [3.05, 3.63) is 38.9 Å². The van der Waals surface area contributed by atoms with Crippen molar-refractivity contribution in [2.24, 2.45) is 5.92 Å². The van der Waals surface area contributed by atoms with Crippen LogP contribution in [0.3, 0.4) is 0 Å². The molecule has 0 N–H and O–H groups in total. The molecular weight excluding hydrogens is 406 g/mol. The highest BCUT2D eigenvalue weighted by Crippen LogP contribution is 2.40. The maximum absolute atomic E-state index is 13.1. The van der Waals surface area contributed by atoms with Gasteiger partial charge in [-0.25, -0.2) is 9.59 Å². The molecule has 2 heterocycles. The summed E-state index contributed by atoms with van der Waals surface area (Å²) in [5, 5.41) is 10.9. The second-order valence-electron chi connectivity index (χ2n) is 8.22. The third kappa shape index (κ3) is 3.94. The molecule has 10 nitrogen and oxygen atoms in total. The number of likely N-dealkylation sites (tertiary alicyclic amines) is 1. The Labute approximate surface area is 177 Å². The van der Waals surface area contributed by atoms with E-state index in [0.717, 1.165) is 25.7 Å². The SMILES string of the molecule is COC(=O)[C@@H]1C[C@@H]2CCCC[C@@H]2N1C(=O)CCCn1c(=O)oc2cc([N+](=O)[O-])ccc21. The molecular formula is C21H25N3O7. The van der Waals surface area contributed by atoms with Crippen molar-refractivity contribution in [1.29, 1.82) is 0 Å². The average Bonchev–Trinajstić information content (AvgIpc) is 3.30. The van der Waals surface area contributed by atoms with Crippen molar-refractivity contribution in [3.8, 4) is 0 Å². The number of nitrogens with zero attached hydrogens (tertiary/aromatic N) is 3. The van der Waals surface area contributed by atoms with Crippen LogP contribution in [0.25, 0.3) is 11.1 Å². The number of carbonyl (C=O) groups excluding carboxylic acids is 2. The number of oxazole rings is 1. The predicted molar refractivity (Wildman–Crippen MR) is 109 cm³/mol. The molecule has 0 spiro atoms. The molecule has 2 fully saturated rings. The van der Waals surface area contributed by atoms with Crippen LogP contribution >= 0.6 is 0 Å². The largest absolute Gasteiger partial charge is 0.467 e. The average molecular weight is 431 g/mol. The van der Waals surface area contributed by atoms with Gasteiger partial charge in [-0.1, -0.05) is 12.8 Å². The first-order chi connectivity index (χ1) is 14.9. The fourth-order valence-electron chi connectivity index (χ4n) is 5.06. The number of hydrogen-bond acceptors (Lipinski definition) is 7. The number of nitro benzene ring substituents is 1. The van der Waals surface area contributed by atoms with E-state index in [9.17, 15) is 24.5 Å². The normalized spacial score (nSPS) is 23.0. The van der Waals surface area contributed by atoms with Gasteiger partial charge in [-0.15, -0.1) is 0 Å². The molecule has 1 aliphatic heterocycles. The van der Waals surface area contributed by atoms with Crippen molar-refractivity contribution < 1.29 is 23.7 Å². The number of rotatable bonds is 6. The molecule has 0 radical (unpaired) electrons. The second kappa shape index (κ2) is 8.52. The molecule has 31 heavy (non-hydrogen) atoms. The van der Waals surface area contributed by atoms with Crippen molar-refractivity contribution >= 4 is 28.7 Å². The minimum Gasteiger partial charge on any atom is -0.467 e. The highest BCUT2D eigenvalue weighted by atomic mass is 16.6. The molecule has 1 saturated heterocycles. The van der Waals surface area contributed by atoms with Crippen molar-refractivity contribution in [1.82, 2.24) is 9.47 Å². The van der Waals surface area contributed by atoms with E-state index in [1.54, 1.807) is 4.90 Å². The molecule has 166 valence electrons. The van der Waals surface area contributed by atoms with Gasteiger partial charge in [-0.3, -0.25) is 19.5 Å². The van der Waals surface area contributed by atoms with E-state index in [2.05, 4.69) is 0 Å². The number of aromatic nitrogens is 1. The molecule has 1 amide bonds. The molecule has 1 aliphatic carbocycles. The van der Waals surface area contributed by atoms with Crippen molar-refractivity contribution in [2.45, 2.75) is 63.6 Å². The molecule has 2 aliphatic rings. The lowest BCUT2D eigenvalue weighted by Gasteiger charge is -2.33. The molecule has 1 aromatic heterocycles. The highest BCUT2D eigenvalue weighted by molar-refractivity contribution is 5.85. The lowest BCUT2D eigenvalue weighted by atomic mass is 9.84. The van der Waals surface area contributed by atoms with E-state index < -0.39 is 16.7 Å². The Morgan fingerprint density at radius 2 is 2.06 bits per heavy atom. The zero-order chi connectivity index (χ0) is 22.1. The van der Waals surface area contributed by atoms with Gasteiger partial charge in [-0.2, -0.15) is 0 Å². The van der Waals surface area contributed by atoms with Crippen molar-refractivity contribution in [2.75, 3.05) is 7.11 Å². The Morgan fingerprint density at radius 1 is 1.29 bits per heavy atom. The summed E-state index contributed by atoms with van der Waals surface area (Å²) >= 11 is 0. The molecule has 0 unspecified atom stereocenters. The Bertz CT molecular complexity index is 1070. The van der Waals surface area contributed by atoms with E-state index in [4.69, 9.17) is 9.15 Å². The van der Waals surface area contributed by atoms with E-state index >= 15 is 0 Å². The molecule has 4 rings (SSSR count). The third-order valence-corrected chi connectivity index (χ3v) is 6.48. The molecule has 10 heteroatoms. The summed E-state index contributed by atoms with van der Waals surface area (Å²) in [6.07, 6.45) is 5.29. The van der Waals surface area contributed by atoms with Crippen LogP contribution < -0.4 is 5.76 Å². The van der Waals surface area contributed by atoms with Gasteiger partial charge in [0.25, 0.3) is 5.69 Å². The van der Waals surface area contributed by atoms with Crippen LogP contribution in [0.15, 0.2) is 27.4 Å². The second-order valence-corrected chi connectivity index (χ2v) is 8.22. The third-order valence-electron chi connectivity index (χ3n) is 6.48. The first-order valence-electron chi connectivity index (χ1n) is 10.6. The summed E-state index contributed by atoms with van der Waals surface area (Å²) < 4.78 is 11.4. The van der Waals surface area contributed by atoms with Gasteiger partial charge in [0.1, 0.15) is 6.04 Å². The maximum atomic E-state index is 13.1. The monoisotopic (exact) mass is 431 g/mol. The van der Waals surface area contributed by atoms with Crippen molar-refractivity contribution in [3.63, 3.8) is 0 Å². The number of benzene rings is 1. The van der Waals surface area contributed by atoms with Crippen LogP contribution in [0.5, 0.6) is 0 Å². The number of ether oxygens (including phenoxy) is 1. The number of hydrogen-bond donors (Lipinski definition) is 0. The van der Waals surface area contributed by atoms with E-state index in [-0.39, 0.29) is 42.2 Å². The van der Waals surface area contributed by atoms with Crippen LogP contribution in [0.4, 0.5) is 5.69 Å². The number of non-ortho nitro benzene ring substituents is 1. The topological polar surface area (TPSA) is 125 Å². The number of fused-ring (bicyclic) bond motifs is 2. The fourth-order valence-corrected chi connectivity index (χ4v) is 5.06. The zero-order valence-electron chi connectivity index (χ0n) is 17.3. The summed E-state index contributed by atoms with van der Waals surface area (Å²) in [5.41, 5.74) is 0.429. The summed E-state index contributed by atoms with van der Waals surface area (Å²) in [6, 6.07) is 3.53. The number of aryl methyl sites for hydroxylation is 1. The molecule has 1 aromatic carbocycles. The smallest absolute Gasteiger partial charge is 0.419 e. The Hall–Kier alpha value is -3.17. The summed E-state index contributed by atoms with van der Waals surface area (Å²) in [7, 11) is 1.34. The van der Waals surface area contributed by atoms with Crippen LogP contribution in [-0.4, -0.2) is 45.5 Å². The summed E-state index contributed by atoms with van der Waals surface area (Å²) in [4.78, 5) is 49.6. The first-order valence-corrected chi connectivity index (χ1v) is 10.6. The minimum atomic E-state index is -0.621. The van der Waals surface area contributed by atoms with Crippen LogP contribution in [-0.2, 0) is 20.9 Å². The van der Waals surface area contributed by atoms with E-state index in [1.165, 1.54) is 29.9 Å². The molecule has 3 atom stereocenters. The van der Waals surface area contributed by atoms with Gasteiger partial charge in [0.2, 0.25) is 5.91 Å². The van der Waals surface area contributed by atoms with E-state index in [0.29, 0.717) is 24.3 Å². The molecule has 2 aromatic rings. The number of methoxy groups -OCH3 is 1. The lowest BCUT2D eigenvalue weighted by Crippen LogP contribution is -2.46. The van der Waals surface area contributed by atoms with Crippen LogP contribution in [0.2, 0.25) is 0 Å². The number of esters is 1. The van der Waals surface area contributed by atoms with Gasteiger partial charge < -0.3 is 14.1 Å². The number of carbonyl (C=O) groups is 2. The zero-order valence-corrected chi connectivity index (χ0v) is 17.3. The Morgan fingerprint density at radius 3 is 2.81 bits per heavy atom. The maximum Gasteiger partial charge on any atom is 0.419 e. The first kappa shape index (κ1) is 21.1.